The molecule has 1 aromatic carbocycles. The zero-order chi connectivity index (χ0) is 14.8. The van der Waals surface area contributed by atoms with Gasteiger partial charge in [0.2, 0.25) is 0 Å². The summed E-state index contributed by atoms with van der Waals surface area (Å²) in [5.74, 6) is 0.721. The fraction of sp³-hybridized carbons (Fsp3) is 0.571. The molecule has 1 N–H and O–H groups in total. The minimum atomic E-state index is -3.01. The van der Waals surface area contributed by atoms with E-state index in [1.54, 1.807) is 7.11 Å². The minimum absolute atomic E-state index is 0.00835. The van der Waals surface area contributed by atoms with Crippen LogP contribution in [0.1, 0.15) is 24.8 Å². The van der Waals surface area contributed by atoms with Gasteiger partial charge in [-0.15, -0.1) is 0 Å². The third-order valence-corrected chi connectivity index (χ3v) is 5.86. The Kier molecular flexibility index (Phi) is 4.94. The zero-order valence-corrected chi connectivity index (χ0v) is 13.3. The topological polar surface area (TPSA) is 55.4 Å². The Morgan fingerprint density at radius 2 is 2.15 bits per heavy atom. The van der Waals surface area contributed by atoms with E-state index in [1.165, 1.54) is 6.26 Å². The molecule has 0 radical (unpaired) electrons. The highest BCUT2D eigenvalue weighted by atomic mass is 35.5. The molecule has 20 heavy (non-hydrogen) atoms. The maximum atomic E-state index is 11.8. The summed E-state index contributed by atoms with van der Waals surface area (Å²) in [6.07, 6.45) is 3.86. The molecule has 2 unspecified atom stereocenters. The third-order valence-electron chi connectivity index (χ3n) is 3.84. The first-order valence-corrected chi connectivity index (χ1v) is 9.00. The van der Waals surface area contributed by atoms with Gasteiger partial charge in [0.1, 0.15) is 5.75 Å². The molecule has 0 amide bonds. The van der Waals surface area contributed by atoms with Crippen molar-refractivity contribution in [2.45, 2.75) is 37.1 Å². The van der Waals surface area contributed by atoms with Gasteiger partial charge in [-0.2, -0.15) is 0 Å². The summed E-state index contributed by atoms with van der Waals surface area (Å²) in [5.41, 5.74) is 0.871. The molecule has 4 nitrogen and oxygen atoms in total. The van der Waals surface area contributed by atoms with E-state index in [0.717, 1.165) is 30.6 Å². The van der Waals surface area contributed by atoms with E-state index in [9.17, 15) is 8.42 Å². The number of halogens is 1. The normalized spacial score (nSPS) is 22.9. The van der Waals surface area contributed by atoms with Crippen LogP contribution in [0.5, 0.6) is 5.75 Å². The number of sulfone groups is 1. The van der Waals surface area contributed by atoms with Crippen molar-refractivity contribution in [3.8, 4) is 5.75 Å². The van der Waals surface area contributed by atoms with Gasteiger partial charge in [0, 0.05) is 29.4 Å². The second-order valence-corrected chi connectivity index (χ2v) is 7.88. The number of ether oxygens (including phenoxy) is 1. The number of methoxy groups -OCH3 is 1. The van der Waals surface area contributed by atoms with Gasteiger partial charge >= 0.3 is 0 Å². The van der Waals surface area contributed by atoms with E-state index in [1.807, 2.05) is 18.2 Å². The van der Waals surface area contributed by atoms with Crippen molar-refractivity contribution in [2.24, 2.45) is 0 Å². The first-order chi connectivity index (χ1) is 9.43. The van der Waals surface area contributed by atoms with Gasteiger partial charge in [-0.3, -0.25) is 0 Å². The van der Waals surface area contributed by atoms with Crippen molar-refractivity contribution in [2.75, 3.05) is 13.4 Å². The highest BCUT2D eigenvalue weighted by Crippen LogP contribution is 2.29. The number of hydrogen-bond acceptors (Lipinski definition) is 4. The summed E-state index contributed by atoms with van der Waals surface area (Å²) in [7, 11) is -1.41. The van der Waals surface area contributed by atoms with Crippen molar-refractivity contribution >= 4 is 21.4 Å². The molecule has 0 bridgehead atoms. The smallest absolute Gasteiger partial charge is 0.151 e. The van der Waals surface area contributed by atoms with E-state index in [2.05, 4.69) is 5.32 Å². The van der Waals surface area contributed by atoms with Crippen LogP contribution in [-0.2, 0) is 16.4 Å². The van der Waals surface area contributed by atoms with Gasteiger partial charge in [0.15, 0.2) is 9.84 Å². The van der Waals surface area contributed by atoms with Crippen molar-refractivity contribution in [3.05, 3.63) is 28.8 Å². The van der Waals surface area contributed by atoms with Crippen LogP contribution >= 0.6 is 11.6 Å². The Morgan fingerprint density at radius 1 is 1.40 bits per heavy atom. The van der Waals surface area contributed by atoms with Crippen LogP contribution in [0.25, 0.3) is 0 Å². The van der Waals surface area contributed by atoms with E-state index in [-0.39, 0.29) is 11.3 Å². The Balaban J connectivity index is 2.09. The molecule has 1 aliphatic carbocycles. The van der Waals surface area contributed by atoms with Crippen molar-refractivity contribution < 1.29 is 13.2 Å². The lowest BCUT2D eigenvalue weighted by Crippen LogP contribution is -2.39. The van der Waals surface area contributed by atoms with Crippen LogP contribution < -0.4 is 10.1 Å². The van der Waals surface area contributed by atoms with Gasteiger partial charge < -0.3 is 10.1 Å². The lowest BCUT2D eigenvalue weighted by molar-refractivity contribution is 0.405. The van der Waals surface area contributed by atoms with E-state index in [4.69, 9.17) is 16.3 Å². The predicted molar refractivity (Wildman–Crippen MR) is 81.1 cm³/mol. The molecule has 112 valence electrons. The standard InChI is InChI=1S/C14H20ClNO3S/c1-19-13-7-3-5-11(15)10(13)9-16-12-6-4-8-14(12)20(2,17)18/h3,5,7,12,14,16H,4,6,8-9H2,1-2H3. The fourth-order valence-corrected chi connectivity index (χ4v) is 4.46. The summed E-state index contributed by atoms with van der Waals surface area (Å²) in [6, 6.07) is 5.49. The predicted octanol–water partition coefficient (Wildman–Crippen LogP) is 2.40. The molecular weight excluding hydrogens is 298 g/mol. The Morgan fingerprint density at radius 3 is 2.80 bits per heavy atom. The molecule has 0 saturated heterocycles. The summed E-state index contributed by atoms with van der Waals surface area (Å²) in [5, 5.41) is 3.66. The SMILES string of the molecule is COc1cccc(Cl)c1CNC1CCCC1S(C)(=O)=O. The summed E-state index contributed by atoms with van der Waals surface area (Å²) >= 11 is 6.18. The van der Waals surface area contributed by atoms with Crippen LogP contribution in [0.15, 0.2) is 18.2 Å². The quantitative estimate of drug-likeness (QED) is 0.906. The molecule has 0 aromatic heterocycles. The molecule has 0 spiro atoms. The average Bonchev–Trinajstić information content (AvgIpc) is 2.85. The first-order valence-electron chi connectivity index (χ1n) is 6.67. The van der Waals surface area contributed by atoms with Gasteiger partial charge in [0.25, 0.3) is 0 Å². The van der Waals surface area contributed by atoms with Crippen LogP contribution in [0.4, 0.5) is 0 Å². The largest absolute Gasteiger partial charge is 0.496 e. The zero-order valence-electron chi connectivity index (χ0n) is 11.7. The van der Waals surface area contributed by atoms with Crippen molar-refractivity contribution in [1.82, 2.24) is 5.32 Å². The second-order valence-electron chi connectivity index (χ2n) is 5.21. The van der Waals surface area contributed by atoms with Crippen molar-refractivity contribution in [3.63, 3.8) is 0 Å². The number of nitrogens with one attached hydrogen (secondary N) is 1. The van der Waals surface area contributed by atoms with Gasteiger partial charge in [0.05, 0.1) is 12.4 Å². The van der Waals surface area contributed by atoms with E-state index >= 15 is 0 Å². The fourth-order valence-electron chi connectivity index (χ4n) is 2.81. The number of benzene rings is 1. The minimum Gasteiger partial charge on any atom is -0.496 e. The maximum absolute atomic E-state index is 11.8. The summed E-state index contributed by atoms with van der Waals surface area (Å²) in [6.45, 7) is 0.513. The summed E-state index contributed by atoms with van der Waals surface area (Å²) < 4.78 is 28.8. The average molecular weight is 318 g/mol. The monoisotopic (exact) mass is 317 g/mol. The molecule has 1 fully saturated rings. The molecule has 6 heteroatoms. The van der Waals surface area contributed by atoms with Gasteiger partial charge in [-0.1, -0.05) is 24.1 Å². The number of hydrogen-bond donors (Lipinski definition) is 1. The highest BCUT2D eigenvalue weighted by molar-refractivity contribution is 7.91. The molecule has 0 heterocycles. The Labute approximate surface area is 125 Å². The molecule has 1 aliphatic rings. The molecule has 1 aromatic rings. The summed E-state index contributed by atoms with van der Waals surface area (Å²) in [4.78, 5) is 0. The van der Waals surface area contributed by atoms with Gasteiger partial charge in [-0.25, -0.2) is 8.42 Å². The van der Waals surface area contributed by atoms with Crippen molar-refractivity contribution in [1.29, 1.82) is 0 Å². The van der Waals surface area contributed by atoms with Crippen LogP contribution in [0, 0.1) is 0 Å². The van der Waals surface area contributed by atoms with Gasteiger partial charge in [-0.05, 0) is 25.0 Å². The maximum Gasteiger partial charge on any atom is 0.151 e. The highest BCUT2D eigenvalue weighted by Gasteiger charge is 2.34. The molecule has 2 rings (SSSR count). The van der Waals surface area contributed by atoms with Crippen LogP contribution in [0.3, 0.4) is 0 Å². The van der Waals surface area contributed by atoms with Crippen LogP contribution in [-0.4, -0.2) is 33.1 Å². The Bertz CT molecular complexity index is 574. The second kappa shape index (κ2) is 6.33. The van der Waals surface area contributed by atoms with E-state index in [0.29, 0.717) is 11.6 Å². The van der Waals surface area contributed by atoms with Crippen LogP contribution in [0.2, 0.25) is 5.02 Å². The first kappa shape index (κ1) is 15.6. The third kappa shape index (κ3) is 3.45. The molecular formula is C14H20ClNO3S. The van der Waals surface area contributed by atoms with E-state index < -0.39 is 9.84 Å². The molecule has 0 aliphatic heterocycles. The molecule has 2 atom stereocenters. The lowest BCUT2D eigenvalue weighted by atomic mass is 10.1. The lowest BCUT2D eigenvalue weighted by Gasteiger charge is -2.20. The number of rotatable bonds is 5. The molecule has 1 saturated carbocycles. The Hall–Kier alpha value is -0.780.